The van der Waals surface area contributed by atoms with E-state index in [1.54, 1.807) is 48.5 Å². The summed E-state index contributed by atoms with van der Waals surface area (Å²) in [7, 11) is 0. The number of cyclic esters (lactones) is 1. The predicted octanol–water partition coefficient (Wildman–Crippen LogP) is 7.26. The second kappa shape index (κ2) is 14.7. The maximum Gasteiger partial charge on any atom is 0.343 e. The fraction of sp³-hybridized carbons (Fsp3) is 0.265. The first-order chi connectivity index (χ1) is 19.9. The first-order valence-electron chi connectivity index (χ1n) is 13.8. The van der Waals surface area contributed by atoms with Gasteiger partial charge in [-0.05, 0) is 78.9 Å². The third-order valence-electron chi connectivity index (χ3n) is 6.70. The lowest BCUT2D eigenvalue weighted by Gasteiger charge is -2.09. The largest absolute Gasteiger partial charge is 0.494 e. The van der Waals surface area contributed by atoms with Gasteiger partial charge in [0.25, 0.3) is 0 Å². The molecule has 1 heterocycles. The Kier molecular flexibility index (Phi) is 10.5. The number of unbranched alkanes of at least 4 members (excludes halogenated alkanes) is 4. The molecule has 7 nitrogen and oxygen atoms in total. The van der Waals surface area contributed by atoms with Crippen molar-refractivity contribution in [3.05, 3.63) is 103 Å². The molecule has 0 radical (unpaired) electrons. The van der Waals surface area contributed by atoms with E-state index in [2.05, 4.69) is 13.2 Å². The fourth-order valence-corrected chi connectivity index (χ4v) is 4.43. The van der Waals surface area contributed by atoms with E-state index in [1.807, 2.05) is 24.3 Å². The summed E-state index contributed by atoms with van der Waals surface area (Å²) in [5.74, 6) is 0.368. The molecule has 212 valence electrons. The van der Waals surface area contributed by atoms with Gasteiger partial charge in [0.2, 0.25) is 0 Å². The number of rotatable bonds is 14. The molecule has 0 aromatic heterocycles. The molecule has 0 spiro atoms. The van der Waals surface area contributed by atoms with Crippen LogP contribution < -0.4 is 14.2 Å². The molecule has 0 amide bonds. The van der Waals surface area contributed by atoms with Crippen molar-refractivity contribution in [3.8, 4) is 28.4 Å². The van der Waals surface area contributed by atoms with Gasteiger partial charge in [-0.25, -0.2) is 14.4 Å². The molecule has 1 atom stereocenters. The van der Waals surface area contributed by atoms with Crippen molar-refractivity contribution in [3.63, 3.8) is 0 Å². The van der Waals surface area contributed by atoms with E-state index in [0.29, 0.717) is 41.4 Å². The second-order valence-electron chi connectivity index (χ2n) is 9.83. The van der Waals surface area contributed by atoms with Crippen LogP contribution >= 0.6 is 0 Å². The molecule has 7 heteroatoms. The summed E-state index contributed by atoms with van der Waals surface area (Å²) in [6.45, 7) is 7.71. The number of carbonyl (C=O) groups is 3. The van der Waals surface area contributed by atoms with E-state index >= 15 is 0 Å². The predicted molar refractivity (Wildman–Crippen MR) is 156 cm³/mol. The van der Waals surface area contributed by atoms with Crippen LogP contribution in [-0.2, 0) is 14.3 Å². The average molecular weight is 555 g/mol. The van der Waals surface area contributed by atoms with Crippen molar-refractivity contribution in [2.45, 2.75) is 51.0 Å². The SMILES string of the molecule is C=CC(=O)Oc1ccc(-c2ccc(OC(=O)c3ccc(OCCCCCCCC4CC(=C)C(=O)O4)cc3)cc2)cc1. The van der Waals surface area contributed by atoms with Crippen molar-refractivity contribution in [1.82, 2.24) is 0 Å². The molecular formula is C34H34O7. The highest BCUT2D eigenvalue weighted by atomic mass is 16.6. The topological polar surface area (TPSA) is 88.1 Å². The molecule has 1 unspecified atom stereocenters. The summed E-state index contributed by atoms with van der Waals surface area (Å²) in [5, 5.41) is 0. The van der Waals surface area contributed by atoms with Gasteiger partial charge < -0.3 is 18.9 Å². The maximum atomic E-state index is 12.6. The zero-order chi connectivity index (χ0) is 29.0. The van der Waals surface area contributed by atoms with Crippen molar-refractivity contribution >= 4 is 17.9 Å². The quantitative estimate of drug-likeness (QED) is 0.0897. The monoisotopic (exact) mass is 554 g/mol. The second-order valence-corrected chi connectivity index (χ2v) is 9.83. The van der Waals surface area contributed by atoms with Gasteiger partial charge in [-0.2, -0.15) is 0 Å². The normalized spacial score (nSPS) is 14.3. The summed E-state index contributed by atoms with van der Waals surface area (Å²) in [5.41, 5.74) is 2.87. The Morgan fingerprint density at radius 2 is 1.34 bits per heavy atom. The summed E-state index contributed by atoms with van der Waals surface area (Å²) < 4.78 is 21.7. The van der Waals surface area contributed by atoms with E-state index in [4.69, 9.17) is 18.9 Å². The highest BCUT2D eigenvalue weighted by Gasteiger charge is 2.26. The number of hydrogen-bond acceptors (Lipinski definition) is 7. The Balaban J connectivity index is 1.13. The van der Waals surface area contributed by atoms with E-state index in [1.165, 1.54) is 0 Å². The first-order valence-corrected chi connectivity index (χ1v) is 13.8. The number of benzene rings is 3. The third-order valence-corrected chi connectivity index (χ3v) is 6.70. The molecule has 0 aliphatic carbocycles. The Labute approximate surface area is 240 Å². The summed E-state index contributed by atoms with van der Waals surface area (Å²) >= 11 is 0. The van der Waals surface area contributed by atoms with Crippen LogP contribution in [0, 0.1) is 0 Å². The zero-order valence-corrected chi connectivity index (χ0v) is 23.0. The average Bonchev–Trinajstić information content (AvgIpc) is 3.31. The van der Waals surface area contributed by atoms with Crippen LogP contribution in [0.15, 0.2) is 97.6 Å². The van der Waals surface area contributed by atoms with Gasteiger partial charge in [0.05, 0.1) is 12.2 Å². The van der Waals surface area contributed by atoms with Gasteiger partial charge >= 0.3 is 17.9 Å². The molecule has 1 saturated heterocycles. The van der Waals surface area contributed by atoms with E-state index in [-0.39, 0.29) is 12.1 Å². The van der Waals surface area contributed by atoms with Crippen LogP contribution in [-0.4, -0.2) is 30.6 Å². The standard InChI is InChI=1S/C34H34O7/c1-3-32(35)39-29-18-10-25(11-19-29)26-12-20-30(21-13-26)40-34(37)27-14-16-28(17-15-27)38-22-8-6-4-5-7-9-31-23-24(2)33(36)41-31/h3,10-21,31H,1-2,4-9,22-23H2. The smallest absolute Gasteiger partial charge is 0.343 e. The molecule has 1 aliphatic rings. The number of hydrogen-bond donors (Lipinski definition) is 0. The lowest BCUT2D eigenvalue weighted by Crippen LogP contribution is -2.08. The lowest BCUT2D eigenvalue weighted by atomic mass is 10.1. The lowest BCUT2D eigenvalue weighted by molar-refractivity contribution is -0.139. The molecule has 1 fully saturated rings. The van der Waals surface area contributed by atoms with Crippen molar-refractivity contribution < 1.29 is 33.3 Å². The number of carbonyl (C=O) groups excluding carboxylic acids is 3. The molecule has 4 rings (SSSR count). The summed E-state index contributed by atoms with van der Waals surface area (Å²) in [6.07, 6.45) is 7.93. The fourth-order valence-electron chi connectivity index (χ4n) is 4.43. The molecular weight excluding hydrogens is 520 g/mol. The van der Waals surface area contributed by atoms with Gasteiger partial charge in [-0.15, -0.1) is 0 Å². The highest BCUT2D eigenvalue weighted by Crippen LogP contribution is 2.26. The Bertz CT molecular complexity index is 1340. The van der Waals surface area contributed by atoms with Crippen molar-refractivity contribution in [2.75, 3.05) is 6.61 Å². The molecule has 3 aromatic rings. The highest BCUT2D eigenvalue weighted by molar-refractivity contribution is 5.91. The summed E-state index contributed by atoms with van der Waals surface area (Å²) in [4.78, 5) is 35.3. The minimum absolute atomic E-state index is 0.00669. The first kappa shape index (κ1) is 29.3. The number of ether oxygens (including phenoxy) is 4. The van der Waals surface area contributed by atoms with Gasteiger partial charge in [0, 0.05) is 18.1 Å². The maximum absolute atomic E-state index is 12.6. The van der Waals surface area contributed by atoms with Crippen LogP contribution in [0.25, 0.3) is 11.1 Å². The van der Waals surface area contributed by atoms with E-state index in [9.17, 15) is 14.4 Å². The van der Waals surface area contributed by atoms with E-state index in [0.717, 1.165) is 55.7 Å². The zero-order valence-electron chi connectivity index (χ0n) is 23.0. The van der Waals surface area contributed by atoms with Crippen LogP contribution in [0.2, 0.25) is 0 Å². The van der Waals surface area contributed by atoms with Crippen molar-refractivity contribution in [1.29, 1.82) is 0 Å². The van der Waals surface area contributed by atoms with Crippen LogP contribution in [0.3, 0.4) is 0 Å². The minimum atomic E-state index is -0.511. The molecule has 41 heavy (non-hydrogen) atoms. The van der Waals surface area contributed by atoms with Crippen LogP contribution in [0.4, 0.5) is 0 Å². The molecule has 1 aliphatic heterocycles. The number of esters is 3. The summed E-state index contributed by atoms with van der Waals surface area (Å²) in [6, 6.07) is 21.2. The van der Waals surface area contributed by atoms with E-state index < -0.39 is 11.9 Å². The van der Waals surface area contributed by atoms with Gasteiger partial charge in [0.1, 0.15) is 23.4 Å². The molecule has 0 saturated carbocycles. The minimum Gasteiger partial charge on any atom is -0.494 e. The van der Waals surface area contributed by atoms with Crippen LogP contribution in [0.5, 0.6) is 17.2 Å². The van der Waals surface area contributed by atoms with Gasteiger partial charge in [-0.1, -0.05) is 56.7 Å². The van der Waals surface area contributed by atoms with Gasteiger partial charge in [0.15, 0.2) is 0 Å². The van der Waals surface area contributed by atoms with Crippen LogP contribution in [0.1, 0.15) is 55.3 Å². The molecule has 0 N–H and O–H groups in total. The van der Waals surface area contributed by atoms with Gasteiger partial charge in [-0.3, -0.25) is 0 Å². The molecule has 0 bridgehead atoms. The molecule has 3 aromatic carbocycles. The van der Waals surface area contributed by atoms with Crippen molar-refractivity contribution in [2.24, 2.45) is 0 Å². The Morgan fingerprint density at radius 1 is 0.780 bits per heavy atom. The third kappa shape index (κ3) is 8.93. The Hall–Kier alpha value is -4.65. The Morgan fingerprint density at radius 3 is 1.93 bits per heavy atom.